The summed E-state index contributed by atoms with van der Waals surface area (Å²) in [6.45, 7) is 6.27. The summed E-state index contributed by atoms with van der Waals surface area (Å²) in [5, 5.41) is 10.4. The molecule has 0 radical (unpaired) electrons. The molecule has 0 saturated heterocycles. The lowest BCUT2D eigenvalue weighted by molar-refractivity contribution is -0.153. The summed E-state index contributed by atoms with van der Waals surface area (Å²) >= 11 is 0. The molecule has 4 rings (SSSR count). The number of hydrogen-bond donors (Lipinski definition) is 2. The molecule has 1 aromatic heterocycles. The number of hydrogen-bond acceptors (Lipinski definition) is 6. The Morgan fingerprint density at radius 1 is 1.00 bits per heavy atom. The molecule has 6 nitrogen and oxygen atoms in total. The number of carbonyl (C=O) groups is 1. The molecule has 0 aliphatic carbocycles. The Morgan fingerprint density at radius 3 is 2.56 bits per heavy atom. The van der Waals surface area contributed by atoms with Gasteiger partial charge in [0.2, 0.25) is 0 Å². The highest BCUT2D eigenvalue weighted by Gasteiger charge is 2.19. The number of carbonyl (C=O) groups excluding carboxylic acids is 1. The molecule has 188 valence electrons. The highest BCUT2D eigenvalue weighted by Crippen LogP contribution is 2.34. The van der Waals surface area contributed by atoms with Crippen molar-refractivity contribution >= 4 is 16.9 Å². The molecule has 0 aliphatic rings. The van der Waals surface area contributed by atoms with E-state index in [1.54, 1.807) is 0 Å². The second-order valence-electron chi connectivity index (χ2n) is 9.81. The number of fused-ring (bicyclic) bond motifs is 1. The Balaban J connectivity index is 1.60. The molecule has 1 heterocycles. The third kappa shape index (κ3) is 6.33. The summed E-state index contributed by atoms with van der Waals surface area (Å²) in [7, 11) is 0. The van der Waals surface area contributed by atoms with Crippen LogP contribution >= 0.6 is 0 Å². The first-order valence-corrected chi connectivity index (χ1v) is 12.1. The van der Waals surface area contributed by atoms with E-state index < -0.39 is 5.60 Å². The van der Waals surface area contributed by atoms with Gasteiger partial charge in [-0.15, -0.1) is 0 Å². The van der Waals surface area contributed by atoms with Gasteiger partial charge in [-0.3, -0.25) is 4.79 Å². The number of aliphatic hydroxyl groups excluding tert-OH is 1. The van der Waals surface area contributed by atoms with E-state index in [1.165, 1.54) is 0 Å². The molecule has 3 aromatic carbocycles. The largest absolute Gasteiger partial charge is 0.485 e. The van der Waals surface area contributed by atoms with Crippen LogP contribution in [0.3, 0.4) is 0 Å². The second-order valence-corrected chi connectivity index (χ2v) is 9.81. The zero-order chi connectivity index (χ0) is 25.7. The Hall–Kier alpha value is -3.61. The summed E-state index contributed by atoms with van der Waals surface area (Å²) in [5.74, 6) is 0.971. The Morgan fingerprint density at radius 2 is 1.81 bits per heavy atom. The van der Waals surface area contributed by atoms with E-state index in [1.807, 2.05) is 75.4 Å². The highest BCUT2D eigenvalue weighted by atomic mass is 16.6. The molecule has 3 N–H and O–H groups in total. The molecule has 0 bridgehead atoms. The molecular weight excluding hydrogens is 454 g/mol. The van der Waals surface area contributed by atoms with Gasteiger partial charge in [-0.1, -0.05) is 36.4 Å². The molecular formula is C30H33NO5. The number of nitrogens with two attached hydrogens (primary N) is 1. The number of benzene rings is 3. The van der Waals surface area contributed by atoms with Crippen LogP contribution in [-0.4, -0.2) is 23.3 Å². The molecule has 0 saturated carbocycles. The Bertz CT molecular complexity index is 1350. The zero-order valence-electron chi connectivity index (χ0n) is 21.0. The van der Waals surface area contributed by atoms with Crippen molar-refractivity contribution in [1.29, 1.82) is 0 Å². The van der Waals surface area contributed by atoms with Crippen molar-refractivity contribution in [3.8, 4) is 16.9 Å². The molecule has 0 atom stereocenters. The van der Waals surface area contributed by atoms with Crippen LogP contribution in [0.4, 0.5) is 0 Å². The molecule has 4 aromatic rings. The predicted octanol–water partition coefficient (Wildman–Crippen LogP) is 5.56. The number of esters is 1. The van der Waals surface area contributed by atoms with Crippen molar-refractivity contribution in [2.24, 2.45) is 5.73 Å². The van der Waals surface area contributed by atoms with E-state index in [4.69, 9.17) is 19.6 Å². The van der Waals surface area contributed by atoms with E-state index >= 15 is 0 Å². The van der Waals surface area contributed by atoms with Gasteiger partial charge in [0.15, 0.2) is 0 Å². The zero-order valence-corrected chi connectivity index (χ0v) is 21.0. The molecule has 0 spiro atoms. The predicted molar refractivity (Wildman–Crippen MR) is 141 cm³/mol. The smallest absolute Gasteiger partial charge is 0.310 e. The number of ether oxygens (including phenoxy) is 2. The van der Waals surface area contributed by atoms with Gasteiger partial charge < -0.3 is 24.7 Å². The van der Waals surface area contributed by atoms with Crippen molar-refractivity contribution in [3.63, 3.8) is 0 Å². The first kappa shape index (κ1) is 25.5. The second kappa shape index (κ2) is 11.0. The van der Waals surface area contributed by atoms with Crippen molar-refractivity contribution in [2.45, 2.75) is 52.4 Å². The maximum absolute atomic E-state index is 12.4. The summed E-state index contributed by atoms with van der Waals surface area (Å²) in [6.07, 6.45) is 0.675. The van der Waals surface area contributed by atoms with Gasteiger partial charge in [-0.25, -0.2) is 0 Å². The Kier molecular flexibility index (Phi) is 7.77. The van der Waals surface area contributed by atoms with Crippen LogP contribution in [0.25, 0.3) is 22.1 Å². The molecule has 36 heavy (non-hydrogen) atoms. The van der Waals surface area contributed by atoms with Gasteiger partial charge in [0, 0.05) is 29.7 Å². The van der Waals surface area contributed by atoms with Crippen molar-refractivity contribution in [2.75, 3.05) is 6.61 Å². The molecule has 0 aliphatic heterocycles. The number of aliphatic hydroxyl groups is 1. The Labute approximate surface area is 211 Å². The average molecular weight is 488 g/mol. The minimum atomic E-state index is -0.544. The maximum Gasteiger partial charge on any atom is 0.310 e. The van der Waals surface area contributed by atoms with Crippen LogP contribution in [0, 0.1) is 0 Å². The van der Waals surface area contributed by atoms with Gasteiger partial charge in [0.1, 0.15) is 29.3 Å². The first-order valence-electron chi connectivity index (χ1n) is 12.1. The van der Waals surface area contributed by atoms with Crippen LogP contribution in [0.1, 0.15) is 43.2 Å². The summed E-state index contributed by atoms with van der Waals surface area (Å²) in [5.41, 5.74) is 10.8. The first-order chi connectivity index (χ1) is 17.3. The van der Waals surface area contributed by atoms with Gasteiger partial charge in [-0.2, -0.15) is 0 Å². The minimum Gasteiger partial charge on any atom is -0.485 e. The van der Waals surface area contributed by atoms with E-state index in [0.29, 0.717) is 24.5 Å². The van der Waals surface area contributed by atoms with Crippen LogP contribution in [0.2, 0.25) is 0 Å². The maximum atomic E-state index is 12.4. The molecule has 0 amide bonds. The lowest BCUT2D eigenvalue weighted by Gasteiger charge is -2.20. The molecule has 0 fully saturated rings. The molecule has 0 unspecified atom stereocenters. The van der Waals surface area contributed by atoms with E-state index in [-0.39, 0.29) is 25.6 Å². The lowest BCUT2D eigenvalue weighted by Crippen LogP contribution is -2.25. The van der Waals surface area contributed by atoms with E-state index in [2.05, 4.69) is 12.1 Å². The van der Waals surface area contributed by atoms with E-state index in [0.717, 1.165) is 38.8 Å². The van der Waals surface area contributed by atoms with Crippen molar-refractivity contribution in [1.82, 2.24) is 0 Å². The third-order valence-corrected chi connectivity index (χ3v) is 5.70. The fraction of sp³-hybridized carbons (Fsp3) is 0.300. The number of rotatable bonds is 9. The quantitative estimate of drug-likeness (QED) is 0.300. The van der Waals surface area contributed by atoms with Gasteiger partial charge in [-0.05, 0) is 74.2 Å². The molecule has 6 heteroatoms. The fourth-order valence-electron chi connectivity index (χ4n) is 4.17. The van der Waals surface area contributed by atoms with Crippen molar-refractivity contribution in [3.05, 3.63) is 89.2 Å². The van der Waals surface area contributed by atoms with Crippen LogP contribution in [0.5, 0.6) is 5.75 Å². The topological polar surface area (TPSA) is 94.9 Å². The summed E-state index contributed by atoms with van der Waals surface area (Å²) < 4.78 is 17.8. The van der Waals surface area contributed by atoms with E-state index in [9.17, 15) is 9.90 Å². The van der Waals surface area contributed by atoms with Crippen LogP contribution in [0.15, 0.2) is 71.1 Å². The van der Waals surface area contributed by atoms with Gasteiger partial charge in [0.05, 0.1) is 6.42 Å². The van der Waals surface area contributed by atoms with Crippen LogP contribution < -0.4 is 10.5 Å². The van der Waals surface area contributed by atoms with Crippen molar-refractivity contribution < 1.29 is 23.8 Å². The monoisotopic (exact) mass is 487 g/mol. The minimum absolute atomic E-state index is 0.0655. The van der Waals surface area contributed by atoms with Gasteiger partial charge >= 0.3 is 5.97 Å². The lowest BCUT2D eigenvalue weighted by atomic mass is 9.98. The highest BCUT2D eigenvalue weighted by molar-refractivity contribution is 5.93. The standard InChI is InChI=1S/C30H33NO5/c1-30(2,3)36-28(33)17-23-8-4-5-10-27(23)34-19-25-16-24-13-20(11-12-32)15-26(29(24)35-25)22-9-6-7-21(14-22)18-31/h4-10,13-16,32H,11-12,17-19,31H2,1-3H3. The SMILES string of the molecule is CC(C)(C)OC(=O)Cc1ccccc1OCc1cc2cc(CCO)cc(-c3cccc(CN)c3)c2o1. The third-order valence-electron chi connectivity index (χ3n) is 5.70. The average Bonchev–Trinajstić information content (AvgIpc) is 3.25. The fourth-order valence-corrected chi connectivity index (χ4v) is 4.17. The number of para-hydroxylation sites is 1. The van der Waals surface area contributed by atoms with Gasteiger partial charge in [0.25, 0.3) is 0 Å². The van der Waals surface area contributed by atoms with Crippen LogP contribution in [-0.2, 0) is 35.5 Å². The summed E-state index contributed by atoms with van der Waals surface area (Å²) in [4.78, 5) is 12.4. The number of furan rings is 1. The summed E-state index contributed by atoms with van der Waals surface area (Å²) in [6, 6.07) is 21.6. The normalized spacial score (nSPS) is 11.6.